The molecule has 0 aliphatic heterocycles. The van der Waals surface area contributed by atoms with E-state index in [2.05, 4.69) is 25.6 Å². The summed E-state index contributed by atoms with van der Waals surface area (Å²) in [5.74, 6) is -2.23. The molecule has 0 amide bonds. The average molecular weight is 452 g/mol. The largest absolute Gasteiger partial charge is 0.545 e. The van der Waals surface area contributed by atoms with Gasteiger partial charge >= 0.3 is 5.97 Å². The van der Waals surface area contributed by atoms with Crippen molar-refractivity contribution < 1.29 is 25.1 Å². The van der Waals surface area contributed by atoms with Crippen LogP contribution in [0.2, 0.25) is 0 Å². The quantitative estimate of drug-likeness (QED) is 0.436. The van der Waals surface area contributed by atoms with Gasteiger partial charge in [-0.3, -0.25) is 9.89 Å². The number of nitrogens with one attached hydrogen (secondary N) is 1. The Kier molecular flexibility index (Phi) is 8.19. The van der Waals surface area contributed by atoms with Gasteiger partial charge in [-0.05, 0) is 43.9 Å². The van der Waals surface area contributed by atoms with Crippen LogP contribution in [0.15, 0.2) is 59.7 Å². The SMILES string of the molecule is O=C([O-])/C=C\C(=O)O.O=c1cc([NH2+]C2CCCCC2)c(-c2ncn[nH]2)nn1-c1ccccc1. The van der Waals surface area contributed by atoms with Gasteiger partial charge in [0.25, 0.3) is 5.56 Å². The summed E-state index contributed by atoms with van der Waals surface area (Å²) >= 11 is 0. The molecule has 1 saturated carbocycles. The number of nitrogens with zero attached hydrogens (tertiary/aromatic N) is 4. The molecular formula is C22H24N6O5. The molecule has 0 bridgehead atoms. The predicted octanol–water partition coefficient (Wildman–Crippen LogP) is -0.0777. The van der Waals surface area contributed by atoms with E-state index in [0.29, 0.717) is 29.7 Å². The third kappa shape index (κ3) is 6.94. The van der Waals surface area contributed by atoms with Crippen molar-refractivity contribution in [3.05, 3.63) is 65.2 Å². The molecule has 172 valence electrons. The van der Waals surface area contributed by atoms with Crippen LogP contribution in [0.5, 0.6) is 0 Å². The summed E-state index contributed by atoms with van der Waals surface area (Å²) in [6.45, 7) is 0. The number of carboxylic acid groups (broad SMARTS) is 2. The van der Waals surface area contributed by atoms with E-state index in [4.69, 9.17) is 5.11 Å². The number of carboxylic acids is 2. The van der Waals surface area contributed by atoms with E-state index < -0.39 is 11.9 Å². The molecule has 2 aromatic heterocycles. The third-order valence-corrected chi connectivity index (χ3v) is 5.03. The Hall–Kier alpha value is -4.12. The zero-order chi connectivity index (χ0) is 23.6. The smallest absolute Gasteiger partial charge is 0.328 e. The molecule has 0 unspecified atom stereocenters. The second-order valence-electron chi connectivity index (χ2n) is 7.42. The van der Waals surface area contributed by atoms with Crippen LogP contribution in [0.25, 0.3) is 17.2 Å². The summed E-state index contributed by atoms with van der Waals surface area (Å²) in [4.78, 5) is 35.8. The van der Waals surface area contributed by atoms with Crippen molar-refractivity contribution >= 4 is 17.6 Å². The molecule has 1 aromatic carbocycles. The lowest BCUT2D eigenvalue weighted by atomic mass is 9.95. The van der Waals surface area contributed by atoms with Crippen LogP contribution < -0.4 is 16.0 Å². The van der Waals surface area contributed by atoms with Crippen LogP contribution in [0.1, 0.15) is 32.1 Å². The van der Waals surface area contributed by atoms with Gasteiger partial charge in [-0.25, -0.2) is 9.78 Å². The normalized spacial score (nSPS) is 13.9. The molecule has 0 spiro atoms. The lowest BCUT2D eigenvalue weighted by Crippen LogP contribution is -2.85. The fraction of sp³-hybridized carbons (Fsp3) is 0.273. The number of hydrogen-bond acceptors (Lipinski definition) is 7. The summed E-state index contributed by atoms with van der Waals surface area (Å²) in [5, 5.41) is 30.8. The number of aromatic nitrogens is 5. The summed E-state index contributed by atoms with van der Waals surface area (Å²) in [5.41, 5.74) is 2.08. The highest BCUT2D eigenvalue weighted by Gasteiger charge is 2.23. The minimum Gasteiger partial charge on any atom is -0.545 e. The number of rotatable bonds is 6. The van der Waals surface area contributed by atoms with Gasteiger partial charge in [0.1, 0.15) is 6.33 Å². The molecule has 0 atom stereocenters. The van der Waals surface area contributed by atoms with Gasteiger partial charge in [-0.1, -0.05) is 24.6 Å². The molecule has 3 aromatic rings. The van der Waals surface area contributed by atoms with Gasteiger partial charge in [0, 0.05) is 6.08 Å². The number of carbonyl (C=O) groups is 2. The van der Waals surface area contributed by atoms with Gasteiger partial charge in [0.05, 0.1) is 23.8 Å². The highest BCUT2D eigenvalue weighted by Crippen LogP contribution is 2.20. The van der Waals surface area contributed by atoms with E-state index in [1.807, 2.05) is 30.3 Å². The van der Waals surface area contributed by atoms with E-state index >= 15 is 0 Å². The van der Waals surface area contributed by atoms with Crippen molar-refractivity contribution in [2.45, 2.75) is 38.1 Å². The Morgan fingerprint density at radius 3 is 2.45 bits per heavy atom. The van der Waals surface area contributed by atoms with E-state index in [1.165, 1.54) is 30.3 Å². The molecule has 1 aliphatic rings. The van der Waals surface area contributed by atoms with Crippen molar-refractivity contribution in [3.8, 4) is 17.2 Å². The average Bonchev–Trinajstić information content (AvgIpc) is 3.34. The van der Waals surface area contributed by atoms with Crippen LogP contribution in [-0.4, -0.2) is 48.0 Å². The second kappa shape index (κ2) is 11.5. The monoisotopic (exact) mass is 452 g/mol. The van der Waals surface area contributed by atoms with Crippen LogP contribution in [0.3, 0.4) is 0 Å². The molecule has 11 heteroatoms. The summed E-state index contributed by atoms with van der Waals surface area (Å²) < 4.78 is 1.41. The molecule has 4 rings (SSSR count). The first-order valence-electron chi connectivity index (χ1n) is 10.5. The molecule has 11 nitrogen and oxygen atoms in total. The highest BCUT2D eigenvalue weighted by atomic mass is 16.4. The minimum atomic E-state index is -1.51. The first kappa shape index (κ1) is 23.5. The molecule has 0 saturated heterocycles. The Morgan fingerprint density at radius 2 is 1.88 bits per heavy atom. The number of carbonyl (C=O) groups excluding carboxylic acids is 1. The summed E-state index contributed by atoms with van der Waals surface area (Å²) in [7, 11) is 0. The lowest BCUT2D eigenvalue weighted by molar-refractivity contribution is -0.614. The van der Waals surface area contributed by atoms with Crippen molar-refractivity contribution in [3.63, 3.8) is 0 Å². The minimum absolute atomic E-state index is 0.142. The molecular weight excluding hydrogens is 428 g/mol. The van der Waals surface area contributed by atoms with Crippen LogP contribution in [0.4, 0.5) is 5.69 Å². The highest BCUT2D eigenvalue weighted by molar-refractivity contribution is 5.88. The van der Waals surface area contributed by atoms with E-state index in [9.17, 15) is 19.5 Å². The maximum atomic E-state index is 12.6. The van der Waals surface area contributed by atoms with Crippen LogP contribution >= 0.6 is 0 Å². The molecule has 33 heavy (non-hydrogen) atoms. The van der Waals surface area contributed by atoms with Crippen molar-refractivity contribution in [1.82, 2.24) is 25.0 Å². The number of para-hydroxylation sites is 1. The van der Waals surface area contributed by atoms with E-state index in [-0.39, 0.29) is 5.56 Å². The first-order chi connectivity index (χ1) is 15.9. The first-order valence-corrected chi connectivity index (χ1v) is 10.5. The Balaban J connectivity index is 0.000000331. The summed E-state index contributed by atoms with van der Waals surface area (Å²) in [6, 6.07) is 11.6. The van der Waals surface area contributed by atoms with Gasteiger partial charge in [-0.15, -0.1) is 0 Å². The number of nitrogens with two attached hydrogens (primary N) is 1. The fourth-order valence-electron chi connectivity index (χ4n) is 3.55. The molecule has 2 heterocycles. The van der Waals surface area contributed by atoms with Crippen molar-refractivity contribution in [2.75, 3.05) is 0 Å². The van der Waals surface area contributed by atoms with E-state index in [1.54, 1.807) is 6.07 Å². The standard InChI is InChI=1S/C18H20N6O.C4H4O4/c25-16-11-15(21-13-7-3-1-4-8-13)17(18-19-12-20-22-18)23-24(16)14-9-5-2-6-10-14;5-3(6)1-2-4(7)8/h2,5-6,9-13,21H,1,3-4,7-8H2,(H,19,20,22);1-2H,(H,5,6)(H,7,8)/b;2-1-. The molecule has 1 fully saturated rings. The van der Waals surface area contributed by atoms with E-state index in [0.717, 1.165) is 24.2 Å². The number of hydrogen-bond donors (Lipinski definition) is 3. The predicted molar refractivity (Wildman–Crippen MR) is 115 cm³/mol. The van der Waals surface area contributed by atoms with Crippen molar-refractivity contribution in [2.24, 2.45) is 0 Å². The van der Waals surface area contributed by atoms with Gasteiger partial charge < -0.3 is 20.3 Å². The maximum Gasteiger partial charge on any atom is 0.328 e. The number of aliphatic carboxylic acids is 2. The Morgan fingerprint density at radius 1 is 1.15 bits per heavy atom. The molecule has 0 radical (unpaired) electrons. The van der Waals surface area contributed by atoms with Gasteiger partial charge in [0.2, 0.25) is 0 Å². The van der Waals surface area contributed by atoms with Crippen LogP contribution in [0, 0.1) is 0 Å². The topological polar surface area (TPSA) is 170 Å². The number of H-pyrrole nitrogens is 1. The number of quaternary nitrogens is 1. The van der Waals surface area contributed by atoms with Crippen LogP contribution in [-0.2, 0) is 9.59 Å². The maximum absolute atomic E-state index is 12.6. The second-order valence-corrected chi connectivity index (χ2v) is 7.42. The zero-order valence-corrected chi connectivity index (χ0v) is 17.8. The Bertz CT molecular complexity index is 1140. The van der Waals surface area contributed by atoms with Crippen molar-refractivity contribution in [1.29, 1.82) is 0 Å². The number of aromatic amines is 1. The fourth-order valence-corrected chi connectivity index (χ4v) is 3.55. The molecule has 1 aliphatic carbocycles. The zero-order valence-electron chi connectivity index (χ0n) is 17.8. The van der Waals surface area contributed by atoms with Gasteiger partial charge in [0.15, 0.2) is 17.2 Å². The summed E-state index contributed by atoms with van der Waals surface area (Å²) in [6.07, 6.45) is 8.51. The van der Waals surface area contributed by atoms with Gasteiger partial charge in [-0.2, -0.15) is 14.9 Å². The number of benzene rings is 1. The molecule has 4 N–H and O–H groups in total. The Labute approximate surface area is 188 Å². The third-order valence-electron chi connectivity index (χ3n) is 5.03. The lowest BCUT2D eigenvalue weighted by Gasteiger charge is -2.20.